The Labute approximate surface area is 173 Å². The first kappa shape index (κ1) is 21.1. The normalized spacial score (nSPS) is 15.2. The molecular formula is C24H23NO5. The van der Waals surface area contributed by atoms with Gasteiger partial charge in [0.15, 0.2) is 0 Å². The molecule has 3 aromatic carbocycles. The van der Waals surface area contributed by atoms with Crippen molar-refractivity contribution >= 4 is 22.7 Å². The van der Waals surface area contributed by atoms with E-state index in [0.717, 1.165) is 29.9 Å². The standard InChI is InChI=1S/C13H13NO.C11H10O4/c14-10-6-8-2-1-3-11-12(15)5-4-9(7-10)13(8)11;12-10(13)7-9(11(14)15)6-8-4-2-1-3-5-8/h1-5,10,15H,6-7,14H2;1-5,7H,6H2,(H,12,13)(H,14,15)/b;9-7-. The number of carbonyl (C=O) groups is 2. The molecule has 1 atom stereocenters. The molecule has 4 rings (SSSR count). The highest BCUT2D eigenvalue weighted by atomic mass is 16.4. The predicted molar refractivity (Wildman–Crippen MR) is 114 cm³/mol. The summed E-state index contributed by atoms with van der Waals surface area (Å²) in [7, 11) is 0. The Bertz CT molecular complexity index is 1090. The lowest BCUT2D eigenvalue weighted by atomic mass is 9.86. The Morgan fingerprint density at radius 2 is 1.60 bits per heavy atom. The second-order valence-electron chi connectivity index (χ2n) is 7.23. The highest BCUT2D eigenvalue weighted by molar-refractivity contribution is 5.95. The van der Waals surface area contributed by atoms with Crippen molar-refractivity contribution in [1.82, 2.24) is 0 Å². The first-order valence-corrected chi connectivity index (χ1v) is 9.54. The summed E-state index contributed by atoms with van der Waals surface area (Å²) in [6.45, 7) is 0. The predicted octanol–water partition coefficient (Wildman–Crippen LogP) is 3.30. The minimum Gasteiger partial charge on any atom is -0.507 e. The molecule has 1 unspecified atom stereocenters. The molecule has 5 N–H and O–H groups in total. The van der Waals surface area contributed by atoms with Gasteiger partial charge in [0.25, 0.3) is 0 Å². The van der Waals surface area contributed by atoms with Crippen molar-refractivity contribution in [3.05, 3.63) is 89.0 Å². The highest BCUT2D eigenvalue weighted by Crippen LogP contribution is 2.34. The summed E-state index contributed by atoms with van der Waals surface area (Å²) in [5.74, 6) is -2.09. The number of benzene rings is 3. The molecule has 0 amide bonds. The second-order valence-corrected chi connectivity index (χ2v) is 7.23. The third-order valence-electron chi connectivity index (χ3n) is 4.96. The molecule has 0 radical (unpaired) electrons. The van der Waals surface area contributed by atoms with Crippen LogP contribution in [-0.2, 0) is 28.9 Å². The van der Waals surface area contributed by atoms with E-state index >= 15 is 0 Å². The Hall–Kier alpha value is -3.64. The summed E-state index contributed by atoms with van der Waals surface area (Å²) in [5, 5.41) is 29.2. The van der Waals surface area contributed by atoms with Crippen LogP contribution in [0.1, 0.15) is 16.7 Å². The maximum Gasteiger partial charge on any atom is 0.332 e. The van der Waals surface area contributed by atoms with Crippen LogP contribution in [0.5, 0.6) is 5.75 Å². The van der Waals surface area contributed by atoms with E-state index in [1.165, 1.54) is 16.5 Å². The second kappa shape index (κ2) is 9.24. The zero-order valence-corrected chi connectivity index (χ0v) is 16.3. The first-order valence-electron chi connectivity index (χ1n) is 9.54. The number of aromatic hydroxyl groups is 1. The third kappa shape index (κ3) is 5.04. The molecule has 0 saturated heterocycles. The van der Waals surface area contributed by atoms with Gasteiger partial charge in [-0.15, -0.1) is 0 Å². The lowest BCUT2D eigenvalue weighted by Gasteiger charge is -2.22. The summed E-state index contributed by atoms with van der Waals surface area (Å²) >= 11 is 0. The maximum atomic E-state index is 10.7. The molecule has 6 heteroatoms. The number of carboxylic acid groups (broad SMARTS) is 2. The van der Waals surface area contributed by atoms with Gasteiger partial charge >= 0.3 is 11.9 Å². The molecule has 0 aromatic heterocycles. The molecule has 1 aliphatic carbocycles. The van der Waals surface area contributed by atoms with Gasteiger partial charge in [0.2, 0.25) is 0 Å². The first-order chi connectivity index (χ1) is 14.3. The maximum absolute atomic E-state index is 10.7. The molecule has 154 valence electrons. The smallest absolute Gasteiger partial charge is 0.332 e. The summed E-state index contributed by atoms with van der Waals surface area (Å²) in [5.41, 5.74) is 9.16. The van der Waals surface area contributed by atoms with E-state index in [2.05, 4.69) is 6.07 Å². The topological polar surface area (TPSA) is 121 Å². The zero-order chi connectivity index (χ0) is 21.7. The fourth-order valence-corrected chi connectivity index (χ4v) is 3.68. The highest BCUT2D eigenvalue weighted by Gasteiger charge is 2.18. The van der Waals surface area contributed by atoms with E-state index < -0.39 is 11.9 Å². The minimum absolute atomic E-state index is 0.114. The van der Waals surface area contributed by atoms with Gasteiger partial charge in [-0.1, -0.05) is 54.6 Å². The number of phenolic OH excluding ortho intramolecular Hbond substituents is 1. The van der Waals surface area contributed by atoms with Gasteiger partial charge in [-0.05, 0) is 41.0 Å². The van der Waals surface area contributed by atoms with Crippen molar-refractivity contribution < 1.29 is 24.9 Å². The van der Waals surface area contributed by atoms with E-state index in [0.29, 0.717) is 5.75 Å². The molecule has 1 aliphatic rings. The van der Waals surface area contributed by atoms with Gasteiger partial charge in [0.05, 0.1) is 0 Å². The fraction of sp³-hybridized carbons (Fsp3) is 0.167. The SMILES string of the molecule is NC1Cc2cccc3c(O)ccc(c23)C1.O=C(O)/C=C(/Cc1ccccc1)C(=O)O. The van der Waals surface area contributed by atoms with Gasteiger partial charge in [0, 0.05) is 29.5 Å². The Kier molecular flexibility index (Phi) is 6.49. The van der Waals surface area contributed by atoms with E-state index in [4.69, 9.17) is 15.9 Å². The number of nitrogens with two attached hydrogens (primary N) is 1. The molecular weight excluding hydrogens is 382 g/mol. The van der Waals surface area contributed by atoms with Crippen LogP contribution in [0.15, 0.2) is 72.3 Å². The van der Waals surface area contributed by atoms with Gasteiger partial charge in [0.1, 0.15) is 5.75 Å². The molecule has 3 aromatic rings. The Morgan fingerprint density at radius 1 is 0.933 bits per heavy atom. The molecule has 0 aliphatic heterocycles. The number of aliphatic carboxylic acids is 2. The molecule has 0 bridgehead atoms. The van der Waals surface area contributed by atoms with Crippen molar-refractivity contribution in [2.24, 2.45) is 5.73 Å². The van der Waals surface area contributed by atoms with Crippen molar-refractivity contribution in [2.45, 2.75) is 25.3 Å². The van der Waals surface area contributed by atoms with E-state index in [1.807, 2.05) is 24.3 Å². The average molecular weight is 405 g/mol. The van der Waals surface area contributed by atoms with Gasteiger partial charge in [-0.25, -0.2) is 9.59 Å². The summed E-state index contributed by atoms with van der Waals surface area (Å²) in [4.78, 5) is 21.1. The van der Waals surface area contributed by atoms with Crippen LogP contribution in [0.2, 0.25) is 0 Å². The summed E-state index contributed by atoms with van der Waals surface area (Å²) in [6.07, 6.45) is 2.65. The summed E-state index contributed by atoms with van der Waals surface area (Å²) in [6, 6.07) is 18.9. The van der Waals surface area contributed by atoms with Crippen LogP contribution in [-0.4, -0.2) is 33.3 Å². The van der Waals surface area contributed by atoms with Crippen LogP contribution in [0, 0.1) is 0 Å². The van der Waals surface area contributed by atoms with Crippen LogP contribution in [0.4, 0.5) is 0 Å². The van der Waals surface area contributed by atoms with E-state index in [9.17, 15) is 14.7 Å². The van der Waals surface area contributed by atoms with Gasteiger partial charge in [-0.3, -0.25) is 0 Å². The number of carboxylic acids is 2. The molecule has 6 nitrogen and oxygen atoms in total. The van der Waals surface area contributed by atoms with Crippen LogP contribution in [0.3, 0.4) is 0 Å². The lowest BCUT2D eigenvalue weighted by molar-refractivity contribution is -0.135. The summed E-state index contributed by atoms with van der Waals surface area (Å²) < 4.78 is 0. The third-order valence-corrected chi connectivity index (χ3v) is 4.96. The molecule has 0 spiro atoms. The average Bonchev–Trinajstić information content (AvgIpc) is 2.71. The zero-order valence-electron chi connectivity index (χ0n) is 16.3. The Morgan fingerprint density at radius 3 is 2.23 bits per heavy atom. The van der Waals surface area contributed by atoms with Crippen LogP contribution in [0.25, 0.3) is 10.8 Å². The van der Waals surface area contributed by atoms with Crippen LogP contribution < -0.4 is 5.73 Å². The van der Waals surface area contributed by atoms with Gasteiger partial charge in [-0.2, -0.15) is 0 Å². The molecule has 0 saturated carbocycles. The monoisotopic (exact) mass is 405 g/mol. The molecule has 30 heavy (non-hydrogen) atoms. The fourth-order valence-electron chi connectivity index (χ4n) is 3.68. The van der Waals surface area contributed by atoms with Crippen molar-refractivity contribution in [3.63, 3.8) is 0 Å². The number of hydrogen-bond donors (Lipinski definition) is 4. The van der Waals surface area contributed by atoms with Gasteiger partial charge < -0.3 is 21.1 Å². The molecule has 0 fully saturated rings. The van der Waals surface area contributed by atoms with E-state index in [1.54, 1.807) is 30.3 Å². The van der Waals surface area contributed by atoms with Crippen molar-refractivity contribution in [1.29, 1.82) is 0 Å². The lowest BCUT2D eigenvalue weighted by Crippen LogP contribution is -2.28. The van der Waals surface area contributed by atoms with Crippen molar-refractivity contribution in [2.75, 3.05) is 0 Å². The number of hydrogen-bond acceptors (Lipinski definition) is 4. The minimum atomic E-state index is -1.25. The quantitative estimate of drug-likeness (QED) is 0.494. The van der Waals surface area contributed by atoms with E-state index in [-0.39, 0.29) is 18.0 Å². The number of phenols is 1. The largest absolute Gasteiger partial charge is 0.507 e. The van der Waals surface area contributed by atoms with Crippen LogP contribution >= 0.6 is 0 Å². The number of rotatable bonds is 4. The Balaban J connectivity index is 0.000000171. The van der Waals surface area contributed by atoms with Crippen molar-refractivity contribution in [3.8, 4) is 5.75 Å². The molecule has 0 heterocycles.